The van der Waals surface area contributed by atoms with Gasteiger partial charge in [-0.3, -0.25) is 4.99 Å². The fraction of sp³-hybridized carbons (Fsp3) is 0.909. The minimum absolute atomic E-state index is 0.740. The number of rotatable bonds is 4. The predicted molar refractivity (Wildman–Crippen MR) is 71.0 cm³/mol. The van der Waals surface area contributed by atoms with Crippen LogP contribution >= 0.6 is 11.8 Å². The van der Waals surface area contributed by atoms with E-state index in [1.165, 1.54) is 24.3 Å². The molecular weight excluding hydrogens is 220 g/mol. The molecule has 2 rings (SSSR count). The van der Waals surface area contributed by atoms with Gasteiger partial charge in [0.05, 0.1) is 6.54 Å². The number of hydrogen-bond acceptors (Lipinski definition) is 3. The summed E-state index contributed by atoms with van der Waals surface area (Å²) in [7, 11) is 2.18. The van der Waals surface area contributed by atoms with Crippen LogP contribution in [0.2, 0.25) is 0 Å². The SMILES string of the molecule is CN(CCN=C(N)N1CCSCC1)C1CC1. The van der Waals surface area contributed by atoms with Crippen LogP contribution in [0.15, 0.2) is 4.99 Å². The molecule has 0 unspecified atom stereocenters. The Morgan fingerprint density at radius 3 is 2.75 bits per heavy atom. The van der Waals surface area contributed by atoms with Gasteiger partial charge in [0, 0.05) is 37.2 Å². The van der Waals surface area contributed by atoms with Crippen molar-refractivity contribution >= 4 is 17.7 Å². The van der Waals surface area contributed by atoms with Crippen LogP contribution in [-0.2, 0) is 0 Å². The third-order valence-electron chi connectivity index (χ3n) is 3.23. The van der Waals surface area contributed by atoms with Gasteiger partial charge in [0.1, 0.15) is 0 Å². The lowest BCUT2D eigenvalue weighted by Gasteiger charge is -2.27. The molecule has 0 bridgehead atoms. The lowest BCUT2D eigenvalue weighted by molar-refractivity contribution is 0.333. The van der Waals surface area contributed by atoms with Gasteiger partial charge in [0.2, 0.25) is 0 Å². The van der Waals surface area contributed by atoms with Gasteiger partial charge in [0.15, 0.2) is 5.96 Å². The lowest BCUT2D eigenvalue weighted by Crippen LogP contribution is -2.43. The minimum Gasteiger partial charge on any atom is -0.370 e. The molecule has 1 heterocycles. The maximum atomic E-state index is 5.97. The lowest BCUT2D eigenvalue weighted by atomic mass is 10.5. The van der Waals surface area contributed by atoms with Crippen molar-refractivity contribution in [3.8, 4) is 0 Å². The van der Waals surface area contributed by atoms with Gasteiger partial charge in [0.25, 0.3) is 0 Å². The van der Waals surface area contributed by atoms with Gasteiger partial charge in [-0.1, -0.05) is 0 Å². The minimum atomic E-state index is 0.740. The summed E-state index contributed by atoms with van der Waals surface area (Å²) in [5.74, 6) is 3.10. The van der Waals surface area contributed by atoms with Crippen molar-refractivity contribution in [3.63, 3.8) is 0 Å². The molecular formula is C11H22N4S. The molecule has 2 fully saturated rings. The molecule has 16 heavy (non-hydrogen) atoms. The molecule has 4 nitrogen and oxygen atoms in total. The molecule has 5 heteroatoms. The smallest absolute Gasteiger partial charge is 0.191 e. The molecule has 1 aliphatic carbocycles. The van der Waals surface area contributed by atoms with Crippen molar-refractivity contribution in [1.82, 2.24) is 9.80 Å². The van der Waals surface area contributed by atoms with Crippen LogP contribution in [-0.4, -0.2) is 66.5 Å². The Bertz CT molecular complexity index is 246. The second-order valence-electron chi connectivity index (χ2n) is 4.55. The third-order valence-corrected chi connectivity index (χ3v) is 4.17. The number of nitrogens with zero attached hydrogens (tertiary/aromatic N) is 3. The molecule has 1 saturated carbocycles. The van der Waals surface area contributed by atoms with Gasteiger partial charge >= 0.3 is 0 Å². The third kappa shape index (κ3) is 3.56. The second-order valence-corrected chi connectivity index (χ2v) is 5.78. The molecule has 0 aromatic carbocycles. The van der Waals surface area contributed by atoms with Gasteiger partial charge in [-0.15, -0.1) is 0 Å². The van der Waals surface area contributed by atoms with E-state index in [-0.39, 0.29) is 0 Å². The Morgan fingerprint density at radius 2 is 2.12 bits per heavy atom. The van der Waals surface area contributed by atoms with Gasteiger partial charge in [-0.2, -0.15) is 11.8 Å². The largest absolute Gasteiger partial charge is 0.370 e. The van der Waals surface area contributed by atoms with E-state index in [0.29, 0.717) is 0 Å². The Kier molecular flexibility index (Phi) is 4.35. The zero-order valence-electron chi connectivity index (χ0n) is 10.1. The fourth-order valence-electron chi connectivity index (χ4n) is 1.91. The molecule has 1 aliphatic heterocycles. The van der Waals surface area contributed by atoms with Crippen molar-refractivity contribution < 1.29 is 0 Å². The van der Waals surface area contributed by atoms with Gasteiger partial charge < -0.3 is 15.5 Å². The van der Waals surface area contributed by atoms with E-state index >= 15 is 0 Å². The quantitative estimate of drug-likeness (QED) is 0.574. The van der Waals surface area contributed by atoms with Crippen LogP contribution in [0.5, 0.6) is 0 Å². The van der Waals surface area contributed by atoms with Crippen LogP contribution in [0.3, 0.4) is 0 Å². The summed E-state index contributed by atoms with van der Waals surface area (Å²) < 4.78 is 0. The standard InChI is InChI=1S/C11H22N4S/c1-14(10-2-3-10)5-4-13-11(12)15-6-8-16-9-7-15/h10H,2-9H2,1H3,(H2,12,13). The summed E-state index contributed by atoms with van der Waals surface area (Å²) in [5.41, 5.74) is 5.97. The van der Waals surface area contributed by atoms with Crippen LogP contribution < -0.4 is 5.73 Å². The number of nitrogens with two attached hydrogens (primary N) is 1. The molecule has 2 N–H and O–H groups in total. The zero-order valence-corrected chi connectivity index (χ0v) is 10.9. The highest BCUT2D eigenvalue weighted by Gasteiger charge is 2.25. The van der Waals surface area contributed by atoms with E-state index in [1.807, 2.05) is 11.8 Å². The Hall–Kier alpha value is -0.420. The van der Waals surface area contributed by atoms with Crippen molar-refractivity contribution in [2.75, 3.05) is 44.7 Å². The van der Waals surface area contributed by atoms with Crippen molar-refractivity contribution in [1.29, 1.82) is 0 Å². The van der Waals surface area contributed by atoms with E-state index < -0.39 is 0 Å². The Morgan fingerprint density at radius 1 is 1.44 bits per heavy atom. The molecule has 2 aliphatic rings. The van der Waals surface area contributed by atoms with Crippen LogP contribution in [0, 0.1) is 0 Å². The molecule has 0 aromatic heterocycles. The van der Waals surface area contributed by atoms with Crippen LogP contribution in [0.1, 0.15) is 12.8 Å². The first kappa shape index (κ1) is 12.0. The van der Waals surface area contributed by atoms with Crippen LogP contribution in [0.25, 0.3) is 0 Å². The summed E-state index contributed by atoms with van der Waals surface area (Å²) in [6.07, 6.45) is 2.72. The first-order valence-corrected chi connectivity index (χ1v) is 7.25. The van der Waals surface area contributed by atoms with E-state index in [1.54, 1.807) is 0 Å². The molecule has 0 amide bonds. The van der Waals surface area contributed by atoms with E-state index in [4.69, 9.17) is 5.73 Å². The molecule has 92 valence electrons. The summed E-state index contributed by atoms with van der Waals surface area (Å²) in [5, 5.41) is 0. The summed E-state index contributed by atoms with van der Waals surface area (Å²) >= 11 is 2.00. The number of likely N-dealkylation sites (N-methyl/N-ethyl adjacent to an activating group) is 1. The number of thioether (sulfide) groups is 1. The van der Waals surface area contributed by atoms with Crippen molar-refractivity contribution in [3.05, 3.63) is 0 Å². The first-order chi connectivity index (χ1) is 7.77. The molecule has 1 saturated heterocycles. The summed E-state index contributed by atoms with van der Waals surface area (Å²) in [6, 6.07) is 0.822. The molecule has 0 aromatic rings. The van der Waals surface area contributed by atoms with E-state index in [2.05, 4.69) is 21.8 Å². The second kappa shape index (κ2) is 5.77. The normalized spacial score (nSPS) is 22.9. The van der Waals surface area contributed by atoms with Crippen molar-refractivity contribution in [2.45, 2.75) is 18.9 Å². The van der Waals surface area contributed by atoms with E-state index in [0.717, 1.165) is 38.2 Å². The number of hydrogen-bond donors (Lipinski definition) is 1. The highest BCUT2D eigenvalue weighted by atomic mass is 32.2. The summed E-state index contributed by atoms with van der Waals surface area (Å²) in [6.45, 7) is 3.98. The van der Waals surface area contributed by atoms with Crippen molar-refractivity contribution in [2.24, 2.45) is 10.7 Å². The highest BCUT2D eigenvalue weighted by Crippen LogP contribution is 2.24. The number of guanidine groups is 1. The van der Waals surface area contributed by atoms with Crippen LogP contribution in [0.4, 0.5) is 0 Å². The maximum Gasteiger partial charge on any atom is 0.191 e. The zero-order chi connectivity index (χ0) is 11.4. The topological polar surface area (TPSA) is 44.9 Å². The summed E-state index contributed by atoms with van der Waals surface area (Å²) in [4.78, 5) is 9.06. The predicted octanol–water partition coefficient (Wildman–Crippen LogP) is 0.444. The molecule has 0 spiro atoms. The maximum absolute atomic E-state index is 5.97. The average Bonchev–Trinajstić information content (AvgIpc) is 3.14. The monoisotopic (exact) mass is 242 g/mol. The average molecular weight is 242 g/mol. The Labute approximate surface area is 102 Å². The first-order valence-electron chi connectivity index (χ1n) is 6.10. The number of aliphatic imine (C=N–C) groups is 1. The fourth-order valence-corrected chi connectivity index (χ4v) is 2.82. The highest BCUT2D eigenvalue weighted by molar-refractivity contribution is 7.99. The van der Waals surface area contributed by atoms with E-state index in [9.17, 15) is 0 Å². The Balaban J connectivity index is 1.68. The van der Waals surface area contributed by atoms with Gasteiger partial charge in [-0.25, -0.2) is 0 Å². The van der Waals surface area contributed by atoms with Gasteiger partial charge in [-0.05, 0) is 19.9 Å². The molecule has 0 atom stereocenters. The molecule has 0 radical (unpaired) electrons.